The lowest BCUT2D eigenvalue weighted by Gasteiger charge is -2.32. The molecule has 140 valence electrons. The Hall–Kier alpha value is -2.66. The van der Waals surface area contributed by atoms with E-state index in [2.05, 4.69) is 35.1 Å². The van der Waals surface area contributed by atoms with Crippen LogP contribution in [0.4, 0.5) is 4.39 Å². The standard InChI is InChI=1S/C22H24FN3O/c1-17-14-20(26-11-3-10-24-26)7-6-18(17)16-25-12-8-21(9-13-25)27-22-5-2-4-19(23)15-22/h2-7,10-11,14-15,21H,8-9,12-13,16H2,1H3. The lowest BCUT2D eigenvalue weighted by atomic mass is 10.0. The second-order valence-electron chi connectivity index (χ2n) is 7.11. The number of aryl methyl sites for hydroxylation is 1. The van der Waals surface area contributed by atoms with E-state index in [-0.39, 0.29) is 11.9 Å². The quantitative estimate of drug-likeness (QED) is 0.673. The van der Waals surface area contributed by atoms with E-state index in [0.717, 1.165) is 38.2 Å². The summed E-state index contributed by atoms with van der Waals surface area (Å²) in [6.45, 7) is 5.07. The molecular weight excluding hydrogens is 341 g/mol. The molecule has 27 heavy (non-hydrogen) atoms. The van der Waals surface area contributed by atoms with Crippen molar-refractivity contribution in [3.63, 3.8) is 0 Å². The molecule has 0 saturated carbocycles. The summed E-state index contributed by atoms with van der Waals surface area (Å²) in [4.78, 5) is 2.46. The number of likely N-dealkylation sites (tertiary alicyclic amines) is 1. The van der Waals surface area contributed by atoms with Gasteiger partial charge in [0, 0.05) is 38.1 Å². The average Bonchev–Trinajstić information content (AvgIpc) is 3.20. The average molecular weight is 365 g/mol. The maximum Gasteiger partial charge on any atom is 0.126 e. The summed E-state index contributed by atoms with van der Waals surface area (Å²) in [6.07, 6.45) is 5.82. The summed E-state index contributed by atoms with van der Waals surface area (Å²) in [7, 11) is 0. The number of rotatable bonds is 5. The van der Waals surface area contributed by atoms with Gasteiger partial charge in [-0.2, -0.15) is 5.10 Å². The predicted octanol–water partition coefficient (Wildman–Crippen LogP) is 4.36. The van der Waals surface area contributed by atoms with Crippen LogP contribution in [0.5, 0.6) is 5.75 Å². The highest BCUT2D eigenvalue weighted by Crippen LogP contribution is 2.22. The molecule has 4 rings (SSSR count). The summed E-state index contributed by atoms with van der Waals surface area (Å²) in [5, 5.41) is 4.29. The Balaban J connectivity index is 1.32. The maximum atomic E-state index is 13.3. The van der Waals surface area contributed by atoms with E-state index >= 15 is 0 Å². The van der Waals surface area contributed by atoms with Crippen molar-refractivity contribution in [3.8, 4) is 11.4 Å². The topological polar surface area (TPSA) is 30.3 Å². The highest BCUT2D eigenvalue weighted by molar-refractivity contribution is 5.39. The van der Waals surface area contributed by atoms with Crippen molar-refractivity contribution in [2.45, 2.75) is 32.4 Å². The fourth-order valence-corrected chi connectivity index (χ4v) is 3.58. The summed E-state index contributed by atoms with van der Waals surface area (Å²) in [5.41, 5.74) is 3.71. The third-order valence-electron chi connectivity index (χ3n) is 5.12. The minimum absolute atomic E-state index is 0.159. The Bertz CT molecular complexity index is 886. The smallest absolute Gasteiger partial charge is 0.126 e. The van der Waals surface area contributed by atoms with E-state index in [1.54, 1.807) is 12.3 Å². The zero-order valence-electron chi connectivity index (χ0n) is 15.5. The fourth-order valence-electron chi connectivity index (χ4n) is 3.58. The van der Waals surface area contributed by atoms with Crippen LogP contribution in [0, 0.1) is 12.7 Å². The monoisotopic (exact) mass is 365 g/mol. The number of ether oxygens (including phenoxy) is 1. The van der Waals surface area contributed by atoms with Crippen molar-refractivity contribution >= 4 is 0 Å². The molecule has 0 amide bonds. The molecule has 2 heterocycles. The highest BCUT2D eigenvalue weighted by atomic mass is 19.1. The Morgan fingerprint density at radius 2 is 1.96 bits per heavy atom. The second-order valence-corrected chi connectivity index (χ2v) is 7.11. The van der Waals surface area contributed by atoms with Crippen LogP contribution in [-0.4, -0.2) is 33.9 Å². The van der Waals surface area contributed by atoms with Gasteiger partial charge in [0.1, 0.15) is 17.7 Å². The zero-order chi connectivity index (χ0) is 18.6. The number of piperidine rings is 1. The van der Waals surface area contributed by atoms with Crippen molar-refractivity contribution in [2.24, 2.45) is 0 Å². The molecule has 0 radical (unpaired) electrons. The van der Waals surface area contributed by atoms with E-state index in [4.69, 9.17) is 4.74 Å². The number of nitrogens with zero attached hydrogens (tertiary/aromatic N) is 3. The normalized spacial score (nSPS) is 15.8. The van der Waals surface area contributed by atoms with E-state index in [0.29, 0.717) is 5.75 Å². The third-order valence-corrected chi connectivity index (χ3v) is 5.12. The molecule has 3 aromatic rings. The molecule has 4 nitrogen and oxygen atoms in total. The zero-order valence-corrected chi connectivity index (χ0v) is 15.5. The molecule has 0 aliphatic carbocycles. The van der Waals surface area contributed by atoms with Crippen LogP contribution in [0.2, 0.25) is 0 Å². The second kappa shape index (κ2) is 7.92. The van der Waals surface area contributed by atoms with E-state index < -0.39 is 0 Å². The van der Waals surface area contributed by atoms with Crippen LogP contribution >= 0.6 is 0 Å². The van der Waals surface area contributed by atoms with Crippen LogP contribution in [-0.2, 0) is 6.54 Å². The number of aromatic nitrogens is 2. The van der Waals surface area contributed by atoms with E-state index in [1.807, 2.05) is 23.0 Å². The maximum absolute atomic E-state index is 13.3. The van der Waals surface area contributed by atoms with Gasteiger partial charge in [-0.05, 0) is 61.2 Å². The number of benzene rings is 2. The van der Waals surface area contributed by atoms with Crippen LogP contribution in [0.1, 0.15) is 24.0 Å². The highest BCUT2D eigenvalue weighted by Gasteiger charge is 2.21. The van der Waals surface area contributed by atoms with Gasteiger partial charge in [0.05, 0.1) is 5.69 Å². The van der Waals surface area contributed by atoms with E-state index in [9.17, 15) is 4.39 Å². The van der Waals surface area contributed by atoms with Gasteiger partial charge in [-0.25, -0.2) is 9.07 Å². The van der Waals surface area contributed by atoms with Gasteiger partial charge in [-0.3, -0.25) is 4.90 Å². The Morgan fingerprint density at radius 3 is 2.67 bits per heavy atom. The van der Waals surface area contributed by atoms with Crippen LogP contribution in [0.3, 0.4) is 0 Å². The molecule has 1 aliphatic heterocycles. The van der Waals surface area contributed by atoms with Gasteiger partial charge in [0.2, 0.25) is 0 Å². The molecule has 1 aromatic heterocycles. The molecule has 0 spiro atoms. The molecular formula is C22H24FN3O. The summed E-state index contributed by atoms with van der Waals surface area (Å²) < 4.78 is 21.1. The Kier molecular flexibility index (Phi) is 5.21. The summed E-state index contributed by atoms with van der Waals surface area (Å²) in [6, 6.07) is 14.8. The van der Waals surface area contributed by atoms with Gasteiger partial charge in [0.25, 0.3) is 0 Å². The molecule has 0 unspecified atom stereocenters. The van der Waals surface area contributed by atoms with E-state index in [1.165, 1.54) is 23.3 Å². The van der Waals surface area contributed by atoms with Crippen molar-refractivity contribution in [1.29, 1.82) is 0 Å². The van der Waals surface area contributed by atoms with Gasteiger partial charge >= 0.3 is 0 Å². The van der Waals surface area contributed by atoms with Crippen molar-refractivity contribution in [3.05, 3.63) is 77.9 Å². The first-order valence-electron chi connectivity index (χ1n) is 9.41. The van der Waals surface area contributed by atoms with Crippen LogP contribution < -0.4 is 4.74 Å². The third kappa shape index (κ3) is 4.37. The molecule has 5 heteroatoms. The van der Waals surface area contributed by atoms with Crippen molar-refractivity contribution in [2.75, 3.05) is 13.1 Å². The first-order chi connectivity index (χ1) is 13.2. The molecule has 2 aromatic carbocycles. The van der Waals surface area contributed by atoms with Crippen molar-refractivity contribution < 1.29 is 9.13 Å². The van der Waals surface area contributed by atoms with Gasteiger partial charge in [-0.1, -0.05) is 12.1 Å². The van der Waals surface area contributed by atoms with Gasteiger partial charge in [0.15, 0.2) is 0 Å². The lowest BCUT2D eigenvalue weighted by molar-refractivity contribution is 0.0964. The van der Waals surface area contributed by atoms with Crippen LogP contribution in [0.25, 0.3) is 5.69 Å². The molecule has 0 atom stereocenters. The largest absolute Gasteiger partial charge is 0.490 e. The fraction of sp³-hybridized carbons (Fsp3) is 0.318. The number of hydrogen-bond acceptors (Lipinski definition) is 3. The first kappa shape index (κ1) is 17.7. The SMILES string of the molecule is Cc1cc(-n2cccn2)ccc1CN1CCC(Oc2cccc(F)c2)CC1. The Morgan fingerprint density at radius 1 is 1.11 bits per heavy atom. The Labute approximate surface area is 159 Å². The minimum atomic E-state index is -0.251. The van der Waals surface area contributed by atoms with Crippen molar-refractivity contribution in [1.82, 2.24) is 14.7 Å². The molecule has 1 aliphatic rings. The molecule has 0 bridgehead atoms. The predicted molar refractivity (Wildman–Crippen MR) is 104 cm³/mol. The molecule has 1 fully saturated rings. The molecule has 1 saturated heterocycles. The molecule has 0 N–H and O–H groups in total. The minimum Gasteiger partial charge on any atom is -0.490 e. The van der Waals surface area contributed by atoms with Gasteiger partial charge < -0.3 is 4.74 Å². The number of hydrogen-bond donors (Lipinski definition) is 0. The first-order valence-corrected chi connectivity index (χ1v) is 9.41. The number of halogens is 1. The lowest BCUT2D eigenvalue weighted by Crippen LogP contribution is -2.37. The summed E-state index contributed by atoms with van der Waals surface area (Å²) >= 11 is 0. The van der Waals surface area contributed by atoms with Crippen LogP contribution in [0.15, 0.2) is 60.9 Å². The van der Waals surface area contributed by atoms with Gasteiger partial charge in [-0.15, -0.1) is 0 Å². The summed E-state index contributed by atoms with van der Waals surface area (Å²) in [5.74, 6) is 0.373.